The van der Waals surface area contributed by atoms with Crippen molar-refractivity contribution in [2.45, 2.75) is 49.0 Å². The van der Waals surface area contributed by atoms with E-state index in [1.807, 2.05) is 4.98 Å². The van der Waals surface area contributed by atoms with Gasteiger partial charge >= 0.3 is 11.7 Å². The first-order valence-electron chi connectivity index (χ1n) is 9.72. The van der Waals surface area contributed by atoms with Gasteiger partial charge in [0.05, 0.1) is 22.3 Å². The normalized spacial score (nSPS) is 25.0. The molecule has 21 nitrogen and oxygen atoms in total. The van der Waals surface area contributed by atoms with Crippen molar-refractivity contribution in [1.29, 1.82) is 0 Å². The van der Waals surface area contributed by atoms with Crippen LogP contribution in [0.3, 0.4) is 0 Å². The van der Waals surface area contributed by atoms with Gasteiger partial charge in [0.2, 0.25) is 0 Å². The Morgan fingerprint density at radius 1 is 1.13 bits per heavy atom. The molecule has 0 saturated carbocycles. The third kappa shape index (κ3) is 9.84. The highest BCUT2D eigenvalue weighted by Crippen LogP contribution is 2.35. The number of aliphatic hydroxyl groups is 5. The molecule has 0 unspecified atom stereocenters. The van der Waals surface area contributed by atoms with Crippen LogP contribution in [0.2, 0.25) is 0 Å². The Morgan fingerprint density at radius 3 is 2.08 bits per heavy atom. The van der Waals surface area contributed by atoms with Crippen LogP contribution in [0.15, 0.2) is 21.9 Å². The highest BCUT2D eigenvalue weighted by atomic mass is 31.2. The third-order valence-electron chi connectivity index (χ3n) is 4.52. The lowest BCUT2D eigenvalue weighted by Crippen LogP contribution is -2.51. The van der Waals surface area contributed by atoms with Gasteiger partial charge in [-0.2, -0.15) is 0 Å². The first-order chi connectivity index (χ1) is 17.3. The summed E-state index contributed by atoms with van der Waals surface area (Å²) in [4.78, 5) is 86.9. The average molecular weight is 594 g/mol. The molecule has 1 aromatic rings. The van der Waals surface area contributed by atoms with E-state index in [2.05, 4.69) is 9.05 Å². The van der Waals surface area contributed by atoms with Crippen LogP contribution < -0.4 is 30.8 Å². The summed E-state index contributed by atoms with van der Waals surface area (Å²) in [5.41, 5.74) is -1.33. The van der Waals surface area contributed by atoms with E-state index in [-0.39, 0.29) is 0 Å². The molecule has 1 fully saturated rings. The van der Waals surface area contributed by atoms with E-state index in [9.17, 15) is 63.2 Å². The van der Waals surface area contributed by atoms with Crippen LogP contribution in [0.5, 0.6) is 0 Å². The standard InChI is InChI=1S/C9H12N2O6.C6H12O13P2/c12-3-4-6(14)7(15)8(17-4)11-2-1-5(13)10-9(11)16;7-1-2(18-20(12,13)14)5(19-21(15,16)17)3(8)4(9)6(10)11/h1-2,4,6-8,12,14-15H,3H2,(H,10,13,16);1-5,8-9H,(H,10,11)(H2,12,13,14)(H2,15,16,17)/p-4/t4-,6-,7-,8-;2-,3+,4-,5+/m10/s1. The van der Waals surface area contributed by atoms with Crippen molar-refractivity contribution in [2.24, 2.45) is 0 Å². The van der Waals surface area contributed by atoms with Crippen molar-refractivity contribution in [1.82, 2.24) is 9.55 Å². The molecule has 23 heteroatoms. The second-order valence-corrected chi connectivity index (χ2v) is 9.40. The number of phosphoric acid groups is 2. The number of nitrogens with zero attached hydrogens (tertiary/aromatic N) is 1. The Hall–Kier alpha value is -2.20. The molecule has 1 aliphatic rings. The fraction of sp³-hybridized carbons (Fsp3) is 0.600. The Balaban J connectivity index is 0.000000386. The molecule has 0 aliphatic carbocycles. The van der Waals surface area contributed by atoms with Crippen molar-refractivity contribution < 1.29 is 82.7 Å². The number of carboxylic acids is 1. The quantitative estimate of drug-likeness (QED) is 0.0923. The van der Waals surface area contributed by atoms with E-state index in [0.29, 0.717) is 0 Å². The maximum absolute atomic E-state index is 11.4. The Kier molecular flexibility index (Phi) is 12.2. The van der Waals surface area contributed by atoms with E-state index in [4.69, 9.17) is 20.1 Å². The van der Waals surface area contributed by atoms with Gasteiger partial charge in [0.15, 0.2) is 18.6 Å². The summed E-state index contributed by atoms with van der Waals surface area (Å²) in [5, 5.41) is 54.8. The fourth-order valence-electron chi connectivity index (χ4n) is 2.84. The Bertz CT molecular complexity index is 1160. The topological polar surface area (TPSA) is 364 Å². The van der Waals surface area contributed by atoms with Crippen LogP contribution in [0, 0.1) is 0 Å². The molecule has 7 N–H and O–H groups in total. The lowest BCUT2D eigenvalue weighted by Gasteiger charge is -2.40. The van der Waals surface area contributed by atoms with Crippen molar-refractivity contribution in [3.63, 3.8) is 0 Å². The van der Waals surface area contributed by atoms with Crippen LogP contribution in [-0.4, -0.2) is 102 Å². The highest BCUT2D eigenvalue weighted by Gasteiger charge is 2.43. The summed E-state index contributed by atoms with van der Waals surface area (Å²) in [7, 11) is -11.9. The number of H-pyrrole nitrogens is 1. The minimum atomic E-state index is -5.97. The zero-order valence-corrected chi connectivity index (χ0v) is 20.2. The van der Waals surface area contributed by atoms with Gasteiger partial charge in [0.1, 0.15) is 36.6 Å². The van der Waals surface area contributed by atoms with Crippen molar-refractivity contribution in [3.05, 3.63) is 33.1 Å². The number of carbonyl (C=O) groups is 2. The first kappa shape index (κ1) is 33.8. The number of phosphoric ester groups is 2. The van der Waals surface area contributed by atoms with Gasteiger partial charge in [0.25, 0.3) is 5.56 Å². The van der Waals surface area contributed by atoms with Crippen LogP contribution >= 0.6 is 15.6 Å². The molecule has 1 aliphatic heterocycles. The number of aromatic amines is 1. The van der Waals surface area contributed by atoms with Gasteiger partial charge in [-0.15, -0.1) is 0 Å². The fourth-order valence-corrected chi connectivity index (χ4v) is 3.85. The first-order valence-corrected chi connectivity index (χ1v) is 12.6. The van der Waals surface area contributed by atoms with Gasteiger partial charge in [-0.25, -0.2) is 9.59 Å². The van der Waals surface area contributed by atoms with Crippen molar-refractivity contribution in [2.75, 3.05) is 6.61 Å². The Labute approximate surface area is 209 Å². The van der Waals surface area contributed by atoms with Crippen LogP contribution in [0.4, 0.5) is 0 Å². The second kappa shape index (κ2) is 13.7. The van der Waals surface area contributed by atoms with Gasteiger partial charge in [0, 0.05) is 12.3 Å². The van der Waals surface area contributed by atoms with E-state index in [0.717, 1.165) is 16.8 Å². The summed E-state index contributed by atoms with van der Waals surface area (Å²) >= 11 is 0. The molecule has 0 spiro atoms. The molecule has 1 aromatic heterocycles. The number of hydrogen-bond acceptors (Lipinski definition) is 18. The third-order valence-corrected chi connectivity index (χ3v) is 5.52. The molecule has 38 heavy (non-hydrogen) atoms. The monoisotopic (exact) mass is 594 g/mol. The second-order valence-electron chi connectivity index (χ2n) is 7.19. The zero-order valence-electron chi connectivity index (χ0n) is 18.4. The smallest absolute Gasteiger partial charge is 0.335 e. The lowest BCUT2D eigenvalue weighted by atomic mass is 10.0. The van der Waals surface area contributed by atoms with Crippen LogP contribution in [0.1, 0.15) is 6.23 Å². The van der Waals surface area contributed by atoms with E-state index < -0.39 is 94.7 Å². The number of ether oxygens (including phenoxy) is 1. The number of nitrogens with one attached hydrogen (secondary N) is 1. The van der Waals surface area contributed by atoms with E-state index >= 15 is 0 Å². The zero-order chi connectivity index (χ0) is 29.6. The molecule has 218 valence electrons. The average Bonchev–Trinajstić information content (AvgIpc) is 3.07. The number of hydrogen-bond donors (Lipinski definition) is 7. The number of carbonyl (C=O) groups excluding carboxylic acids is 1. The van der Waals surface area contributed by atoms with E-state index in [1.165, 1.54) is 0 Å². The molecule has 2 rings (SSSR count). The van der Waals surface area contributed by atoms with Crippen molar-refractivity contribution >= 4 is 27.9 Å². The number of aliphatic carboxylic acids is 1. The summed E-state index contributed by atoms with van der Waals surface area (Å²) in [5.74, 6) is -2.13. The molecule has 1 saturated heterocycles. The molecule has 0 radical (unpaired) electrons. The molecule has 0 aromatic carbocycles. The predicted molar refractivity (Wildman–Crippen MR) is 105 cm³/mol. The maximum Gasteiger partial charge on any atom is 0.335 e. The summed E-state index contributed by atoms with van der Waals surface area (Å²) < 4.78 is 34.0. The summed E-state index contributed by atoms with van der Waals surface area (Å²) in [6.45, 7) is -0.479. The number of aliphatic hydroxyl groups excluding tert-OH is 5. The predicted octanol–water partition coefficient (Wildman–Crippen LogP) is -8.43. The van der Waals surface area contributed by atoms with E-state index in [1.54, 1.807) is 0 Å². The lowest BCUT2D eigenvalue weighted by molar-refractivity contribution is -0.357. The maximum atomic E-state index is 11.4. The van der Waals surface area contributed by atoms with Crippen LogP contribution in [0.25, 0.3) is 0 Å². The number of aldehydes is 1. The van der Waals surface area contributed by atoms with Crippen LogP contribution in [-0.2, 0) is 32.5 Å². The number of rotatable bonds is 11. The van der Waals surface area contributed by atoms with Gasteiger partial charge in [-0.1, -0.05) is 0 Å². The molecule has 8 atom stereocenters. The SMILES string of the molecule is O=C[C@H](OP(=O)([O-])[O-])[C@@H](OP(=O)([O-])[O-])[C@H](O)[C@H](O)C(=O)O.O=c1ccn([C@@H]2O[C@H](CO)[C@@H](O)[C@H]2O)c(=O)[nH]1. The van der Waals surface area contributed by atoms with Gasteiger partial charge in [-0.05, 0) is 0 Å². The molecular formula is C15H20N2O19P2-4. The molecular weight excluding hydrogens is 574 g/mol. The number of aromatic nitrogens is 2. The molecule has 0 amide bonds. The summed E-state index contributed by atoms with van der Waals surface area (Å²) in [6, 6.07) is 1.09. The van der Waals surface area contributed by atoms with Gasteiger partial charge < -0.3 is 77.9 Å². The molecule has 0 bridgehead atoms. The molecule has 2 heterocycles. The minimum Gasteiger partial charge on any atom is -0.790 e. The number of carboxylic acid groups (broad SMARTS) is 1. The summed E-state index contributed by atoms with van der Waals surface area (Å²) in [6.07, 6.45) is -15.1. The minimum absolute atomic E-state index is 0.479. The largest absolute Gasteiger partial charge is 0.790 e. The highest BCUT2D eigenvalue weighted by molar-refractivity contribution is 7.43. The Morgan fingerprint density at radius 2 is 1.68 bits per heavy atom. The van der Waals surface area contributed by atoms with Gasteiger partial charge in [-0.3, -0.25) is 14.3 Å². The van der Waals surface area contributed by atoms with Crippen molar-refractivity contribution in [3.8, 4) is 0 Å².